The average molecular weight is 173 g/mol. The van der Waals surface area contributed by atoms with Crippen molar-refractivity contribution in [2.24, 2.45) is 5.92 Å². The van der Waals surface area contributed by atoms with Crippen molar-refractivity contribution in [1.29, 1.82) is 0 Å². The van der Waals surface area contributed by atoms with Gasteiger partial charge in [0.1, 0.15) is 0 Å². The zero-order valence-electron chi connectivity index (χ0n) is 8.88. The summed E-state index contributed by atoms with van der Waals surface area (Å²) in [6, 6.07) is 0. The lowest BCUT2D eigenvalue weighted by atomic mass is 9.96. The van der Waals surface area contributed by atoms with Gasteiger partial charge in [-0.3, -0.25) is 0 Å². The SMILES string of the molecule is CCC(CC)CC(O)CN(C)C. The third-order valence-electron chi connectivity index (χ3n) is 2.34. The molecule has 1 atom stereocenters. The summed E-state index contributed by atoms with van der Waals surface area (Å²) < 4.78 is 0. The first-order valence-electron chi connectivity index (χ1n) is 4.92. The monoisotopic (exact) mass is 173 g/mol. The van der Waals surface area contributed by atoms with Gasteiger partial charge in [0.05, 0.1) is 6.10 Å². The second-order valence-corrected chi connectivity index (χ2v) is 3.83. The molecule has 0 aromatic heterocycles. The Balaban J connectivity index is 3.58. The molecule has 0 saturated carbocycles. The Kier molecular flexibility index (Phi) is 6.39. The topological polar surface area (TPSA) is 23.5 Å². The van der Waals surface area contributed by atoms with Gasteiger partial charge in [0.2, 0.25) is 0 Å². The number of rotatable bonds is 6. The molecule has 0 fully saturated rings. The van der Waals surface area contributed by atoms with E-state index in [1.165, 1.54) is 12.8 Å². The maximum absolute atomic E-state index is 9.61. The summed E-state index contributed by atoms with van der Waals surface area (Å²) in [6.07, 6.45) is 3.16. The van der Waals surface area contributed by atoms with E-state index in [4.69, 9.17) is 0 Å². The fourth-order valence-corrected chi connectivity index (χ4v) is 1.50. The van der Waals surface area contributed by atoms with E-state index in [9.17, 15) is 5.11 Å². The quantitative estimate of drug-likeness (QED) is 0.661. The summed E-state index contributed by atoms with van der Waals surface area (Å²) in [5.74, 6) is 0.694. The van der Waals surface area contributed by atoms with Gasteiger partial charge in [-0.05, 0) is 26.4 Å². The van der Waals surface area contributed by atoms with Gasteiger partial charge in [-0.2, -0.15) is 0 Å². The second-order valence-electron chi connectivity index (χ2n) is 3.83. The summed E-state index contributed by atoms with van der Waals surface area (Å²) in [6.45, 7) is 5.17. The highest BCUT2D eigenvalue weighted by atomic mass is 16.3. The number of aliphatic hydroxyl groups excluding tert-OH is 1. The van der Waals surface area contributed by atoms with Crippen molar-refractivity contribution in [3.8, 4) is 0 Å². The number of likely N-dealkylation sites (N-methyl/N-ethyl adjacent to an activating group) is 1. The minimum absolute atomic E-state index is 0.148. The molecule has 2 heteroatoms. The molecule has 74 valence electrons. The molecular formula is C10H23NO. The van der Waals surface area contributed by atoms with Crippen molar-refractivity contribution in [2.75, 3.05) is 20.6 Å². The van der Waals surface area contributed by atoms with E-state index in [1.54, 1.807) is 0 Å². The summed E-state index contributed by atoms with van der Waals surface area (Å²) in [5.41, 5.74) is 0. The van der Waals surface area contributed by atoms with Gasteiger partial charge in [-0.15, -0.1) is 0 Å². The van der Waals surface area contributed by atoms with Crippen LogP contribution in [0.2, 0.25) is 0 Å². The molecule has 0 radical (unpaired) electrons. The van der Waals surface area contributed by atoms with E-state index in [2.05, 4.69) is 13.8 Å². The van der Waals surface area contributed by atoms with E-state index in [0.29, 0.717) is 5.92 Å². The van der Waals surface area contributed by atoms with Crippen molar-refractivity contribution in [3.05, 3.63) is 0 Å². The molecule has 0 spiro atoms. The second kappa shape index (κ2) is 6.44. The van der Waals surface area contributed by atoms with Gasteiger partial charge >= 0.3 is 0 Å². The van der Waals surface area contributed by atoms with Crippen molar-refractivity contribution < 1.29 is 5.11 Å². The molecule has 0 aromatic carbocycles. The van der Waals surface area contributed by atoms with E-state index in [0.717, 1.165) is 13.0 Å². The largest absolute Gasteiger partial charge is 0.392 e. The smallest absolute Gasteiger partial charge is 0.0669 e. The predicted octanol–water partition coefficient (Wildman–Crippen LogP) is 1.74. The average Bonchev–Trinajstić information content (AvgIpc) is 1.98. The first-order valence-corrected chi connectivity index (χ1v) is 4.92. The lowest BCUT2D eigenvalue weighted by Gasteiger charge is -2.20. The van der Waals surface area contributed by atoms with Gasteiger partial charge < -0.3 is 10.0 Å². The zero-order chi connectivity index (χ0) is 9.56. The van der Waals surface area contributed by atoms with Crippen LogP contribution in [0.5, 0.6) is 0 Å². The molecule has 0 aliphatic rings. The Morgan fingerprint density at radius 2 is 1.67 bits per heavy atom. The molecule has 0 rings (SSSR count). The Bertz CT molecular complexity index is 100. The van der Waals surface area contributed by atoms with Crippen LogP contribution in [0.25, 0.3) is 0 Å². The summed E-state index contributed by atoms with van der Waals surface area (Å²) in [5, 5.41) is 9.61. The molecular weight excluding hydrogens is 150 g/mol. The Labute approximate surface area is 76.6 Å². The number of aliphatic hydroxyl groups is 1. The van der Waals surface area contributed by atoms with Crippen LogP contribution in [0, 0.1) is 5.92 Å². The predicted molar refractivity (Wildman–Crippen MR) is 53.2 cm³/mol. The zero-order valence-corrected chi connectivity index (χ0v) is 8.88. The van der Waals surface area contributed by atoms with Gasteiger partial charge in [0, 0.05) is 6.54 Å². The molecule has 1 unspecified atom stereocenters. The Morgan fingerprint density at radius 1 is 1.17 bits per heavy atom. The van der Waals surface area contributed by atoms with E-state index < -0.39 is 0 Å². The van der Waals surface area contributed by atoms with Crippen molar-refractivity contribution in [2.45, 2.75) is 39.2 Å². The number of nitrogens with zero attached hydrogens (tertiary/aromatic N) is 1. The van der Waals surface area contributed by atoms with Crippen LogP contribution in [0.1, 0.15) is 33.1 Å². The summed E-state index contributed by atoms with van der Waals surface area (Å²) in [4.78, 5) is 2.03. The summed E-state index contributed by atoms with van der Waals surface area (Å²) >= 11 is 0. The fraction of sp³-hybridized carbons (Fsp3) is 1.00. The maximum Gasteiger partial charge on any atom is 0.0669 e. The highest BCUT2D eigenvalue weighted by Gasteiger charge is 2.11. The van der Waals surface area contributed by atoms with Gasteiger partial charge in [0.15, 0.2) is 0 Å². The first-order chi connectivity index (χ1) is 5.60. The molecule has 0 aromatic rings. The lowest BCUT2D eigenvalue weighted by Crippen LogP contribution is -2.27. The van der Waals surface area contributed by atoms with Gasteiger partial charge in [-0.25, -0.2) is 0 Å². The van der Waals surface area contributed by atoms with Crippen LogP contribution in [0.15, 0.2) is 0 Å². The number of hydrogen-bond donors (Lipinski definition) is 1. The highest BCUT2D eigenvalue weighted by Crippen LogP contribution is 2.14. The van der Waals surface area contributed by atoms with E-state index in [-0.39, 0.29) is 6.10 Å². The van der Waals surface area contributed by atoms with Gasteiger partial charge in [0.25, 0.3) is 0 Å². The molecule has 0 aliphatic heterocycles. The molecule has 2 nitrogen and oxygen atoms in total. The normalized spacial score (nSPS) is 14.2. The third kappa shape index (κ3) is 5.56. The molecule has 0 amide bonds. The minimum atomic E-state index is -0.148. The molecule has 0 heterocycles. The van der Waals surface area contributed by atoms with Crippen LogP contribution in [0.3, 0.4) is 0 Å². The Hall–Kier alpha value is -0.0800. The van der Waals surface area contributed by atoms with Crippen LogP contribution in [-0.4, -0.2) is 36.8 Å². The van der Waals surface area contributed by atoms with Crippen molar-refractivity contribution in [3.63, 3.8) is 0 Å². The van der Waals surface area contributed by atoms with E-state index in [1.807, 2.05) is 19.0 Å². The minimum Gasteiger partial charge on any atom is -0.392 e. The molecule has 0 saturated heterocycles. The van der Waals surface area contributed by atoms with E-state index >= 15 is 0 Å². The lowest BCUT2D eigenvalue weighted by molar-refractivity contribution is 0.108. The van der Waals surface area contributed by atoms with Crippen molar-refractivity contribution >= 4 is 0 Å². The summed E-state index contributed by atoms with van der Waals surface area (Å²) in [7, 11) is 3.99. The number of hydrogen-bond acceptors (Lipinski definition) is 2. The maximum atomic E-state index is 9.61. The van der Waals surface area contributed by atoms with Crippen LogP contribution in [0.4, 0.5) is 0 Å². The standard InChI is InChI=1S/C10H23NO/c1-5-9(6-2)7-10(12)8-11(3)4/h9-10,12H,5-8H2,1-4H3. The third-order valence-corrected chi connectivity index (χ3v) is 2.34. The molecule has 12 heavy (non-hydrogen) atoms. The van der Waals surface area contributed by atoms with Crippen LogP contribution >= 0.6 is 0 Å². The fourth-order valence-electron chi connectivity index (χ4n) is 1.50. The van der Waals surface area contributed by atoms with Gasteiger partial charge in [-0.1, -0.05) is 26.7 Å². The highest BCUT2D eigenvalue weighted by molar-refractivity contribution is 4.64. The van der Waals surface area contributed by atoms with Crippen LogP contribution < -0.4 is 0 Å². The molecule has 0 bridgehead atoms. The Morgan fingerprint density at radius 3 is 2.00 bits per heavy atom. The van der Waals surface area contributed by atoms with Crippen molar-refractivity contribution in [1.82, 2.24) is 4.90 Å². The molecule has 1 N–H and O–H groups in total. The van der Waals surface area contributed by atoms with Crippen LogP contribution in [-0.2, 0) is 0 Å². The molecule has 0 aliphatic carbocycles. The first kappa shape index (κ1) is 11.9.